The second kappa shape index (κ2) is 5.52. The molecule has 0 amide bonds. The van der Waals surface area contributed by atoms with Crippen molar-refractivity contribution >= 4 is 11.6 Å². The summed E-state index contributed by atoms with van der Waals surface area (Å²) < 4.78 is 5.88. The quantitative estimate of drug-likeness (QED) is 0.491. The maximum Gasteiger partial charge on any atom is 0.248 e. The van der Waals surface area contributed by atoms with E-state index >= 15 is 0 Å². The zero-order valence-electron chi connectivity index (χ0n) is 12.5. The van der Waals surface area contributed by atoms with Gasteiger partial charge in [0, 0.05) is 16.1 Å². The maximum atomic E-state index is 5.91. The molecule has 2 aliphatic carbocycles. The van der Waals surface area contributed by atoms with Gasteiger partial charge in [-0.25, -0.2) is 0 Å². The summed E-state index contributed by atoms with van der Waals surface area (Å²) in [7, 11) is 0. The van der Waals surface area contributed by atoms with Crippen LogP contribution >= 0.6 is 11.6 Å². The molecule has 4 rings (SSSR count). The Balaban J connectivity index is 1.80. The number of halogens is 1. The van der Waals surface area contributed by atoms with Crippen molar-refractivity contribution in [1.82, 2.24) is 10.2 Å². The van der Waals surface area contributed by atoms with Gasteiger partial charge in [-0.05, 0) is 53.9 Å². The summed E-state index contributed by atoms with van der Waals surface area (Å²) in [4.78, 5) is 0. The van der Waals surface area contributed by atoms with Gasteiger partial charge in [-0.1, -0.05) is 41.9 Å². The highest BCUT2D eigenvalue weighted by molar-refractivity contribution is 6.30. The van der Waals surface area contributed by atoms with Gasteiger partial charge in [0.15, 0.2) is 0 Å². The van der Waals surface area contributed by atoms with E-state index < -0.39 is 0 Å². The van der Waals surface area contributed by atoms with Crippen LogP contribution in [0.2, 0.25) is 5.02 Å². The molecule has 2 aromatic rings. The molecule has 0 saturated carbocycles. The largest absolute Gasteiger partial charge is 0.416 e. The Morgan fingerprint density at radius 1 is 0.783 bits per heavy atom. The molecule has 0 radical (unpaired) electrons. The van der Waals surface area contributed by atoms with Gasteiger partial charge in [-0.15, -0.1) is 10.2 Å². The first-order valence-electron chi connectivity index (χ1n) is 7.30. The number of hydrogen-bond donors (Lipinski definition) is 0. The minimum absolute atomic E-state index is 0.490. The van der Waals surface area contributed by atoms with Gasteiger partial charge in [-0.3, -0.25) is 0 Å². The SMILES string of the molecule is Cc1cc(-c2nnc(-c3ccc(Cl)cc3)o2)c2cccccc1-2. The van der Waals surface area contributed by atoms with Crippen LogP contribution < -0.4 is 0 Å². The van der Waals surface area contributed by atoms with Gasteiger partial charge in [0.2, 0.25) is 11.8 Å². The molecular weight excluding hydrogens is 308 g/mol. The Morgan fingerprint density at radius 2 is 1.48 bits per heavy atom. The molecular formula is C19H13ClN2O. The molecule has 0 aliphatic heterocycles. The summed E-state index contributed by atoms with van der Waals surface area (Å²) in [5.74, 6) is 1.02. The minimum atomic E-state index is 0.490. The standard InChI is InChI=1S/C19H13ClN2O/c1-12-11-17(16-6-4-2-3-5-15(12)16)19-22-21-18(23-19)13-7-9-14(20)10-8-13/h2-11H,1H3. The monoisotopic (exact) mass is 320 g/mol. The molecule has 0 N–H and O–H groups in total. The average Bonchev–Trinajstić information content (AvgIpc) is 3.06. The smallest absolute Gasteiger partial charge is 0.248 e. The highest BCUT2D eigenvalue weighted by atomic mass is 35.5. The van der Waals surface area contributed by atoms with E-state index in [1.165, 1.54) is 11.1 Å². The van der Waals surface area contributed by atoms with Crippen LogP contribution in [0.5, 0.6) is 0 Å². The fraction of sp³-hybridized carbons (Fsp3) is 0.0526. The van der Waals surface area contributed by atoms with E-state index in [0.29, 0.717) is 16.8 Å². The van der Waals surface area contributed by atoms with Crippen molar-refractivity contribution in [3.05, 3.63) is 71.2 Å². The van der Waals surface area contributed by atoms with Crippen molar-refractivity contribution < 1.29 is 4.42 Å². The Kier molecular flexibility index (Phi) is 3.36. The second-order valence-corrected chi connectivity index (χ2v) is 5.83. The second-order valence-electron chi connectivity index (χ2n) is 5.40. The van der Waals surface area contributed by atoms with Crippen LogP contribution in [0.15, 0.2) is 65.1 Å². The first kappa shape index (κ1) is 14.0. The summed E-state index contributed by atoms with van der Waals surface area (Å²) in [6, 6.07) is 19.7. The minimum Gasteiger partial charge on any atom is -0.416 e. The van der Waals surface area contributed by atoms with Crippen LogP contribution in [0.4, 0.5) is 0 Å². The average molecular weight is 321 g/mol. The third-order valence-electron chi connectivity index (χ3n) is 3.86. The fourth-order valence-electron chi connectivity index (χ4n) is 2.72. The molecule has 0 bridgehead atoms. The number of hydrogen-bond acceptors (Lipinski definition) is 3. The predicted molar refractivity (Wildman–Crippen MR) is 91.5 cm³/mol. The number of aryl methyl sites for hydroxylation is 1. The van der Waals surface area contributed by atoms with Gasteiger partial charge in [-0.2, -0.15) is 0 Å². The highest BCUT2D eigenvalue weighted by Gasteiger charge is 2.18. The van der Waals surface area contributed by atoms with E-state index in [-0.39, 0.29) is 0 Å². The highest BCUT2D eigenvalue weighted by Crippen LogP contribution is 2.38. The van der Waals surface area contributed by atoms with Gasteiger partial charge in [0.05, 0.1) is 0 Å². The van der Waals surface area contributed by atoms with E-state index in [9.17, 15) is 0 Å². The van der Waals surface area contributed by atoms with E-state index in [0.717, 1.165) is 16.7 Å². The van der Waals surface area contributed by atoms with E-state index in [1.54, 1.807) is 0 Å². The zero-order chi connectivity index (χ0) is 15.8. The van der Waals surface area contributed by atoms with E-state index in [2.05, 4.69) is 35.3 Å². The molecule has 1 aromatic heterocycles. The molecule has 112 valence electrons. The van der Waals surface area contributed by atoms with Crippen molar-refractivity contribution in [3.63, 3.8) is 0 Å². The molecule has 0 unspecified atom stereocenters. The summed E-state index contributed by atoms with van der Waals surface area (Å²) in [5.41, 5.74) is 5.31. The zero-order valence-corrected chi connectivity index (χ0v) is 13.2. The Morgan fingerprint density at radius 3 is 2.26 bits per heavy atom. The molecule has 1 aromatic carbocycles. The van der Waals surface area contributed by atoms with Crippen LogP contribution in [0.1, 0.15) is 5.56 Å². The van der Waals surface area contributed by atoms with Crippen LogP contribution in [0.25, 0.3) is 34.0 Å². The summed E-state index contributed by atoms with van der Waals surface area (Å²) >= 11 is 5.91. The van der Waals surface area contributed by atoms with Crippen molar-refractivity contribution in [1.29, 1.82) is 0 Å². The molecule has 23 heavy (non-hydrogen) atoms. The van der Waals surface area contributed by atoms with Crippen molar-refractivity contribution in [2.45, 2.75) is 6.92 Å². The fourth-order valence-corrected chi connectivity index (χ4v) is 2.84. The van der Waals surface area contributed by atoms with E-state index in [4.69, 9.17) is 16.0 Å². The number of nitrogens with zero attached hydrogens (tertiary/aromatic N) is 2. The van der Waals surface area contributed by atoms with Gasteiger partial charge in [0.1, 0.15) is 0 Å². The molecule has 3 nitrogen and oxygen atoms in total. The molecule has 0 spiro atoms. The van der Waals surface area contributed by atoms with Gasteiger partial charge >= 0.3 is 0 Å². The molecule has 0 saturated heterocycles. The van der Waals surface area contributed by atoms with E-state index in [1.807, 2.05) is 42.5 Å². The van der Waals surface area contributed by atoms with Crippen LogP contribution in [-0.2, 0) is 0 Å². The molecule has 4 heteroatoms. The summed E-state index contributed by atoms with van der Waals surface area (Å²) in [6.45, 7) is 2.09. The van der Waals surface area contributed by atoms with Crippen molar-refractivity contribution in [3.8, 4) is 34.0 Å². The Hall–Kier alpha value is -2.65. The first-order chi connectivity index (χ1) is 11.2. The van der Waals surface area contributed by atoms with Crippen LogP contribution in [0.3, 0.4) is 0 Å². The Labute approximate surface area is 138 Å². The molecule has 2 aliphatic rings. The lowest BCUT2D eigenvalue weighted by Crippen LogP contribution is -1.77. The summed E-state index contributed by atoms with van der Waals surface area (Å²) in [6.07, 6.45) is 0. The Bertz CT molecular complexity index is 944. The van der Waals surface area contributed by atoms with Crippen LogP contribution in [-0.4, -0.2) is 10.2 Å². The number of aromatic nitrogens is 2. The van der Waals surface area contributed by atoms with Gasteiger partial charge < -0.3 is 4.42 Å². The lowest BCUT2D eigenvalue weighted by Gasteiger charge is -1.97. The number of fused-ring (bicyclic) bond motifs is 1. The number of benzene rings is 1. The number of rotatable bonds is 2. The molecule has 0 fully saturated rings. The first-order valence-corrected chi connectivity index (χ1v) is 7.68. The van der Waals surface area contributed by atoms with Gasteiger partial charge in [0.25, 0.3) is 0 Å². The maximum absolute atomic E-state index is 5.91. The predicted octanol–water partition coefficient (Wildman–Crippen LogP) is 5.47. The molecule has 0 atom stereocenters. The normalized spacial score (nSPS) is 11.0. The van der Waals surface area contributed by atoms with Crippen LogP contribution in [0, 0.1) is 6.92 Å². The summed E-state index contributed by atoms with van der Waals surface area (Å²) in [5, 5.41) is 9.06. The lowest BCUT2D eigenvalue weighted by molar-refractivity contribution is 0.585. The third kappa shape index (κ3) is 2.49. The van der Waals surface area contributed by atoms with Crippen molar-refractivity contribution in [2.24, 2.45) is 0 Å². The molecule has 1 heterocycles. The lowest BCUT2D eigenvalue weighted by atomic mass is 10.1. The van der Waals surface area contributed by atoms with Crippen molar-refractivity contribution in [2.75, 3.05) is 0 Å². The topological polar surface area (TPSA) is 38.9 Å². The third-order valence-corrected chi connectivity index (χ3v) is 4.11.